The molecule has 1 aromatic rings. The summed E-state index contributed by atoms with van der Waals surface area (Å²) >= 11 is 5.48. The molecular weight excluding hydrogens is 343 g/mol. The number of aryl methyl sites for hydroxylation is 1. The van der Waals surface area contributed by atoms with Crippen LogP contribution in [0.4, 0.5) is 0 Å². The molecular formula is C10H10BrIO. The van der Waals surface area contributed by atoms with Crippen molar-refractivity contribution < 1.29 is 4.79 Å². The lowest BCUT2D eigenvalue weighted by molar-refractivity contribution is 0.0988. The van der Waals surface area contributed by atoms with E-state index in [0.29, 0.717) is 6.42 Å². The van der Waals surface area contributed by atoms with Crippen molar-refractivity contribution in [3.8, 4) is 0 Å². The van der Waals surface area contributed by atoms with Crippen LogP contribution in [0.5, 0.6) is 0 Å². The molecule has 0 radical (unpaired) electrons. The average molecular weight is 353 g/mol. The third-order valence-electron chi connectivity index (χ3n) is 1.82. The van der Waals surface area contributed by atoms with Crippen LogP contribution >= 0.6 is 38.5 Å². The van der Waals surface area contributed by atoms with Gasteiger partial charge in [0.1, 0.15) is 0 Å². The quantitative estimate of drug-likeness (QED) is 0.461. The SMILES string of the molecule is Cc1cccc(I)c1C(=O)CCBr. The highest BCUT2D eigenvalue weighted by Gasteiger charge is 2.11. The molecule has 0 spiro atoms. The summed E-state index contributed by atoms with van der Waals surface area (Å²) in [6.45, 7) is 1.98. The molecule has 0 aliphatic heterocycles. The first-order chi connectivity index (χ1) is 6.16. The van der Waals surface area contributed by atoms with Gasteiger partial charge in [0.25, 0.3) is 0 Å². The van der Waals surface area contributed by atoms with Gasteiger partial charge in [0.2, 0.25) is 0 Å². The first-order valence-electron chi connectivity index (χ1n) is 4.01. The van der Waals surface area contributed by atoms with E-state index in [0.717, 1.165) is 20.0 Å². The predicted octanol–water partition coefficient (Wildman–Crippen LogP) is 3.57. The predicted molar refractivity (Wildman–Crippen MR) is 66.6 cm³/mol. The summed E-state index contributed by atoms with van der Waals surface area (Å²) in [5.74, 6) is 0.222. The number of carbonyl (C=O) groups is 1. The maximum absolute atomic E-state index is 11.7. The van der Waals surface area contributed by atoms with Crippen LogP contribution in [0.2, 0.25) is 0 Å². The Hall–Kier alpha value is 0.1000. The maximum Gasteiger partial charge on any atom is 0.165 e. The number of carbonyl (C=O) groups excluding carboxylic acids is 1. The third-order valence-corrected chi connectivity index (χ3v) is 3.12. The Balaban J connectivity index is 3.05. The molecule has 0 bridgehead atoms. The van der Waals surface area contributed by atoms with Gasteiger partial charge in [0, 0.05) is 20.9 Å². The van der Waals surface area contributed by atoms with E-state index in [1.54, 1.807) is 0 Å². The first-order valence-corrected chi connectivity index (χ1v) is 6.21. The molecule has 1 aromatic carbocycles. The average Bonchev–Trinajstić information content (AvgIpc) is 2.04. The second-order valence-electron chi connectivity index (χ2n) is 2.79. The number of halogens is 2. The van der Waals surface area contributed by atoms with Crippen LogP contribution in [0.25, 0.3) is 0 Å². The van der Waals surface area contributed by atoms with Gasteiger partial charge in [-0.25, -0.2) is 0 Å². The molecule has 13 heavy (non-hydrogen) atoms. The molecule has 3 heteroatoms. The maximum atomic E-state index is 11.7. The van der Waals surface area contributed by atoms with Crippen LogP contribution in [0.1, 0.15) is 22.3 Å². The van der Waals surface area contributed by atoms with E-state index in [9.17, 15) is 4.79 Å². The summed E-state index contributed by atoms with van der Waals surface area (Å²) in [6, 6.07) is 5.92. The molecule has 0 saturated heterocycles. The summed E-state index contributed by atoms with van der Waals surface area (Å²) in [6.07, 6.45) is 0.570. The highest BCUT2D eigenvalue weighted by atomic mass is 127. The molecule has 70 valence electrons. The fourth-order valence-corrected chi connectivity index (χ4v) is 2.49. The zero-order chi connectivity index (χ0) is 9.84. The van der Waals surface area contributed by atoms with Gasteiger partial charge in [-0.2, -0.15) is 0 Å². The Morgan fingerprint density at radius 2 is 2.23 bits per heavy atom. The number of rotatable bonds is 3. The van der Waals surface area contributed by atoms with Crippen LogP contribution < -0.4 is 0 Å². The molecule has 0 fully saturated rings. The van der Waals surface area contributed by atoms with Crippen LogP contribution in [0, 0.1) is 10.5 Å². The largest absolute Gasteiger partial charge is 0.294 e. The summed E-state index contributed by atoms with van der Waals surface area (Å²) in [5.41, 5.74) is 1.94. The van der Waals surface area contributed by atoms with Crippen LogP contribution in [-0.4, -0.2) is 11.1 Å². The molecule has 0 aliphatic rings. The van der Waals surface area contributed by atoms with E-state index in [2.05, 4.69) is 38.5 Å². The standard InChI is InChI=1S/C10H10BrIO/c1-7-3-2-4-8(12)10(7)9(13)5-6-11/h2-4H,5-6H2,1H3. The van der Waals surface area contributed by atoms with Crippen molar-refractivity contribution >= 4 is 44.3 Å². The van der Waals surface area contributed by atoms with Gasteiger partial charge in [-0.3, -0.25) is 4.79 Å². The van der Waals surface area contributed by atoms with E-state index in [1.165, 1.54) is 0 Å². The number of alkyl halides is 1. The van der Waals surface area contributed by atoms with E-state index in [-0.39, 0.29) is 5.78 Å². The lowest BCUT2D eigenvalue weighted by Crippen LogP contribution is -2.04. The number of ketones is 1. The fraction of sp³-hybridized carbons (Fsp3) is 0.300. The van der Waals surface area contributed by atoms with E-state index in [4.69, 9.17) is 0 Å². The van der Waals surface area contributed by atoms with E-state index in [1.807, 2.05) is 25.1 Å². The van der Waals surface area contributed by atoms with Gasteiger partial charge in [-0.05, 0) is 41.1 Å². The molecule has 0 N–H and O–H groups in total. The Kier molecular flexibility index (Phi) is 4.38. The Labute approximate surface area is 100 Å². The zero-order valence-corrected chi connectivity index (χ0v) is 11.1. The third kappa shape index (κ3) is 2.77. The molecule has 0 aromatic heterocycles. The van der Waals surface area contributed by atoms with E-state index < -0.39 is 0 Å². The van der Waals surface area contributed by atoms with E-state index >= 15 is 0 Å². The summed E-state index contributed by atoms with van der Waals surface area (Å²) in [4.78, 5) is 11.7. The molecule has 0 aliphatic carbocycles. The van der Waals surface area contributed by atoms with Crippen molar-refractivity contribution in [1.29, 1.82) is 0 Å². The number of hydrogen-bond acceptors (Lipinski definition) is 1. The molecule has 0 amide bonds. The van der Waals surface area contributed by atoms with Crippen molar-refractivity contribution in [1.82, 2.24) is 0 Å². The van der Waals surface area contributed by atoms with Crippen molar-refractivity contribution in [3.05, 3.63) is 32.9 Å². The highest BCUT2D eigenvalue weighted by molar-refractivity contribution is 14.1. The van der Waals surface area contributed by atoms with Crippen LogP contribution in [-0.2, 0) is 0 Å². The lowest BCUT2D eigenvalue weighted by atomic mass is 10.0. The minimum Gasteiger partial charge on any atom is -0.294 e. The molecule has 1 nitrogen and oxygen atoms in total. The van der Waals surface area contributed by atoms with Gasteiger partial charge >= 0.3 is 0 Å². The Morgan fingerprint density at radius 3 is 2.77 bits per heavy atom. The monoisotopic (exact) mass is 352 g/mol. The van der Waals surface area contributed by atoms with Crippen LogP contribution in [0.3, 0.4) is 0 Å². The van der Waals surface area contributed by atoms with Crippen molar-refractivity contribution in [2.24, 2.45) is 0 Å². The summed E-state index contributed by atoms with van der Waals surface area (Å²) < 4.78 is 1.04. The number of hydrogen-bond donors (Lipinski definition) is 0. The van der Waals surface area contributed by atoms with Gasteiger partial charge in [-0.1, -0.05) is 28.1 Å². The van der Waals surface area contributed by atoms with Gasteiger partial charge < -0.3 is 0 Å². The van der Waals surface area contributed by atoms with Gasteiger partial charge in [-0.15, -0.1) is 0 Å². The minimum absolute atomic E-state index is 0.222. The zero-order valence-electron chi connectivity index (χ0n) is 7.31. The second kappa shape index (κ2) is 5.10. The fourth-order valence-electron chi connectivity index (χ4n) is 1.20. The molecule has 0 atom stereocenters. The molecule has 0 heterocycles. The molecule has 0 unspecified atom stereocenters. The topological polar surface area (TPSA) is 17.1 Å². The Bertz CT molecular complexity index is 302. The number of benzene rings is 1. The van der Waals surface area contributed by atoms with Crippen LogP contribution in [0.15, 0.2) is 18.2 Å². The smallest absolute Gasteiger partial charge is 0.165 e. The lowest BCUT2D eigenvalue weighted by Gasteiger charge is -2.05. The molecule has 1 rings (SSSR count). The van der Waals surface area contributed by atoms with Crippen molar-refractivity contribution in [2.45, 2.75) is 13.3 Å². The minimum atomic E-state index is 0.222. The first kappa shape index (κ1) is 11.2. The van der Waals surface area contributed by atoms with Gasteiger partial charge in [0.05, 0.1) is 0 Å². The molecule has 0 saturated carbocycles. The summed E-state index contributed by atoms with van der Waals surface area (Å²) in [5, 5.41) is 0.732. The summed E-state index contributed by atoms with van der Waals surface area (Å²) in [7, 11) is 0. The Morgan fingerprint density at radius 1 is 1.54 bits per heavy atom. The van der Waals surface area contributed by atoms with Crippen molar-refractivity contribution in [3.63, 3.8) is 0 Å². The second-order valence-corrected chi connectivity index (χ2v) is 4.75. The van der Waals surface area contributed by atoms with Gasteiger partial charge in [0.15, 0.2) is 5.78 Å². The van der Waals surface area contributed by atoms with Crippen molar-refractivity contribution in [2.75, 3.05) is 5.33 Å². The number of Topliss-reactive ketones (excluding diaryl/α,β-unsaturated/α-hetero) is 1. The normalized spacial score (nSPS) is 10.1. The highest BCUT2D eigenvalue weighted by Crippen LogP contribution is 2.18.